The van der Waals surface area contributed by atoms with Crippen LogP contribution in [0.4, 0.5) is 10.5 Å². The van der Waals surface area contributed by atoms with Gasteiger partial charge in [-0.1, -0.05) is 23.2 Å². The SMILES string of the molecule is COc1ccc(Cl)cc1NC(=O)ON=C1CCCCC1. The van der Waals surface area contributed by atoms with Crippen LogP contribution in [0.3, 0.4) is 0 Å². The molecule has 5 nitrogen and oxygen atoms in total. The van der Waals surface area contributed by atoms with Crippen molar-refractivity contribution in [1.82, 2.24) is 0 Å². The Morgan fingerprint density at radius 3 is 2.75 bits per heavy atom. The lowest BCUT2D eigenvalue weighted by atomic mass is 9.99. The fourth-order valence-electron chi connectivity index (χ4n) is 2.07. The molecule has 1 aliphatic carbocycles. The average molecular weight is 297 g/mol. The summed E-state index contributed by atoms with van der Waals surface area (Å²) in [4.78, 5) is 16.6. The molecule has 0 aromatic heterocycles. The van der Waals surface area contributed by atoms with Crippen molar-refractivity contribution in [2.75, 3.05) is 12.4 Å². The first-order chi connectivity index (χ1) is 9.69. The minimum atomic E-state index is -0.649. The topological polar surface area (TPSA) is 59.9 Å². The van der Waals surface area contributed by atoms with Gasteiger partial charge in [0.2, 0.25) is 0 Å². The van der Waals surface area contributed by atoms with E-state index in [1.165, 1.54) is 13.5 Å². The lowest BCUT2D eigenvalue weighted by Gasteiger charge is -2.12. The molecular weight excluding hydrogens is 280 g/mol. The molecule has 1 saturated carbocycles. The van der Waals surface area contributed by atoms with Gasteiger partial charge in [-0.2, -0.15) is 0 Å². The summed E-state index contributed by atoms with van der Waals surface area (Å²) in [6, 6.07) is 4.94. The zero-order valence-corrected chi connectivity index (χ0v) is 12.1. The van der Waals surface area contributed by atoms with Gasteiger partial charge in [0.25, 0.3) is 0 Å². The number of nitrogens with one attached hydrogen (secondary N) is 1. The van der Waals surface area contributed by atoms with Crippen LogP contribution in [-0.4, -0.2) is 18.9 Å². The number of oxime groups is 1. The van der Waals surface area contributed by atoms with Gasteiger partial charge in [-0.25, -0.2) is 4.79 Å². The maximum absolute atomic E-state index is 11.7. The molecule has 6 heteroatoms. The van der Waals surface area contributed by atoms with Crippen LogP contribution in [0.1, 0.15) is 32.1 Å². The lowest BCUT2D eigenvalue weighted by Crippen LogP contribution is -2.14. The third kappa shape index (κ3) is 4.13. The number of rotatable bonds is 3. The Morgan fingerprint density at radius 1 is 1.30 bits per heavy atom. The number of ether oxygens (including phenoxy) is 1. The summed E-state index contributed by atoms with van der Waals surface area (Å²) in [7, 11) is 1.52. The quantitative estimate of drug-likeness (QED) is 0.671. The van der Waals surface area contributed by atoms with Gasteiger partial charge in [0.05, 0.1) is 18.5 Å². The summed E-state index contributed by atoms with van der Waals surface area (Å²) in [6.07, 6.45) is 4.56. The second kappa shape index (κ2) is 7.14. The number of hydrogen-bond donors (Lipinski definition) is 1. The molecule has 0 radical (unpaired) electrons. The zero-order chi connectivity index (χ0) is 14.4. The van der Waals surface area contributed by atoms with E-state index >= 15 is 0 Å². The van der Waals surface area contributed by atoms with Crippen LogP contribution >= 0.6 is 11.6 Å². The zero-order valence-electron chi connectivity index (χ0n) is 11.3. The first-order valence-electron chi connectivity index (χ1n) is 6.56. The maximum Gasteiger partial charge on any atom is 0.437 e. The number of amides is 1. The third-order valence-corrected chi connectivity index (χ3v) is 3.32. The number of halogens is 1. The smallest absolute Gasteiger partial charge is 0.437 e. The number of benzene rings is 1. The Hall–Kier alpha value is -1.75. The Balaban J connectivity index is 1.95. The molecule has 108 valence electrons. The standard InChI is InChI=1S/C14H17ClN2O3/c1-19-13-8-7-10(15)9-12(13)16-14(18)20-17-11-5-3-2-4-6-11/h7-9H,2-6H2,1H3,(H,16,18). The minimum Gasteiger partial charge on any atom is -0.495 e. The molecule has 1 amide bonds. The first kappa shape index (κ1) is 14.7. The largest absolute Gasteiger partial charge is 0.495 e. The van der Waals surface area contributed by atoms with Crippen molar-refractivity contribution in [3.8, 4) is 5.75 Å². The van der Waals surface area contributed by atoms with Crippen molar-refractivity contribution < 1.29 is 14.4 Å². The van der Waals surface area contributed by atoms with Crippen molar-refractivity contribution >= 4 is 29.1 Å². The van der Waals surface area contributed by atoms with E-state index in [0.717, 1.165) is 31.4 Å². The van der Waals surface area contributed by atoms with E-state index in [-0.39, 0.29) is 0 Å². The van der Waals surface area contributed by atoms with Gasteiger partial charge in [-0.05, 0) is 43.9 Å². The van der Waals surface area contributed by atoms with Crippen molar-refractivity contribution in [1.29, 1.82) is 0 Å². The Kier molecular flexibility index (Phi) is 5.24. The molecule has 2 rings (SSSR count). The summed E-state index contributed by atoms with van der Waals surface area (Å²) in [5.41, 5.74) is 1.39. The highest BCUT2D eigenvalue weighted by molar-refractivity contribution is 6.31. The van der Waals surface area contributed by atoms with Gasteiger partial charge in [0.15, 0.2) is 0 Å². The van der Waals surface area contributed by atoms with Crippen LogP contribution in [0.5, 0.6) is 5.75 Å². The molecule has 0 unspecified atom stereocenters. The van der Waals surface area contributed by atoms with Gasteiger partial charge in [0.1, 0.15) is 5.75 Å². The molecule has 1 aromatic carbocycles. The molecule has 0 bridgehead atoms. The molecule has 0 heterocycles. The molecular formula is C14H17ClN2O3. The van der Waals surface area contributed by atoms with Crippen molar-refractivity contribution in [2.45, 2.75) is 32.1 Å². The Morgan fingerprint density at radius 2 is 2.05 bits per heavy atom. The summed E-state index contributed by atoms with van der Waals surface area (Å²) in [5, 5.41) is 6.95. The number of anilines is 1. The monoisotopic (exact) mass is 296 g/mol. The van der Waals surface area contributed by atoms with E-state index < -0.39 is 6.09 Å². The van der Waals surface area contributed by atoms with E-state index in [1.54, 1.807) is 18.2 Å². The predicted octanol–water partition coefficient (Wildman–Crippen LogP) is 4.22. The van der Waals surface area contributed by atoms with Crippen LogP contribution < -0.4 is 10.1 Å². The number of nitrogens with zero attached hydrogens (tertiary/aromatic N) is 1. The summed E-state index contributed by atoms with van der Waals surface area (Å²) < 4.78 is 5.13. The molecule has 1 aliphatic rings. The normalized spacial score (nSPS) is 14.6. The highest BCUT2D eigenvalue weighted by Crippen LogP contribution is 2.27. The van der Waals surface area contributed by atoms with E-state index in [2.05, 4.69) is 10.5 Å². The summed E-state index contributed by atoms with van der Waals surface area (Å²) >= 11 is 5.88. The fourth-order valence-corrected chi connectivity index (χ4v) is 2.24. The molecule has 0 atom stereocenters. The van der Waals surface area contributed by atoms with Gasteiger partial charge in [0, 0.05) is 5.02 Å². The average Bonchev–Trinajstić information content (AvgIpc) is 2.46. The number of hydrogen-bond acceptors (Lipinski definition) is 4. The van der Waals surface area contributed by atoms with Crippen molar-refractivity contribution in [3.63, 3.8) is 0 Å². The molecule has 0 aliphatic heterocycles. The Labute approximate surface area is 122 Å². The van der Waals surface area contributed by atoms with E-state index in [0.29, 0.717) is 16.5 Å². The number of methoxy groups -OCH3 is 1. The van der Waals surface area contributed by atoms with Crippen LogP contribution in [0, 0.1) is 0 Å². The Bertz CT molecular complexity index is 509. The van der Waals surface area contributed by atoms with Gasteiger partial charge in [-0.3, -0.25) is 10.2 Å². The van der Waals surface area contributed by atoms with E-state index in [9.17, 15) is 4.79 Å². The molecule has 0 saturated heterocycles. The summed E-state index contributed by atoms with van der Waals surface area (Å²) in [6.45, 7) is 0. The van der Waals surface area contributed by atoms with Crippen molar-refractivity contribution in [3.05, 3.63) is 23.2 Å². The van der Waals surface area contributed by atoms with Gasteiger partial charge in [-0.15, -0.1) is 0 Å². The fraction of sp³-hybridized carbons (Fsp3) is 0.429. The predicted molar refractivity (Wildman–Crippen MR) is 78.6 cm³/mol. The van der Waals surface area contributed by atoms with Crippen LogP contribution in [0.2, 0.25) is 5.02 Å². The van der Waals surface area contributed by atoms with Crippen LogP contribution in [-0.2, 0) is 4.84 Å². The van der Waals surface area contributed by atoms with E-state index in [1.807, 2.05) is 0 Å². The van der Waals surface area contributed by atoms with Gasteiger partial charge < -0.3 is 4.74 Å². The number of carbonyl (C=O) groups excluding carboxylic acids is 1. The molecule has 1 fully saturated rings. The van der Waals surface area contributed by atoms with E-state index in [4.69, 9.17) is 21.2 Å². The molecule has 0 spiro atoms. The number of carbonyl (C=O) groups is 1. The molecule has 20 heavy (non-hydrogen) atoms. The van der Waals surface area contributed by atoms with Crippen LogP contribution in [0.15, 0.2) is 23.4 Å². The minimum absolute atomic E-state index is 0.453. The highest BCUT2D eigenvalue weighted by Gasteiger charge is 2.11. The third-order valence-electron chi connectivity index (χ3n) is 3.09. The van der Waals surface area contributed by atoms with Gasteiger partial charge >= 0.3 is 6.09 Å². The summed E-state index contributed by atoms with van der Waals surface area (Å²) in [5.74, 6) is 0.511. The molecule has 1 N–H and O–H groups in total. The van der Waals surface area contributed by atoms with Crippen molar-refractivity contribution in [2.24, 2.45) is 5.16 Å². The maximum atomic E-state index is 11.7. The first-order valence-corrected chi connectivity index (χ1v) is 6.94. The molecule has 1 aromatic rings. The highest BCUT2D eigenvalue weighted by atomic mass is 35.5. The second-order valence-corrected chi connectivity index (χ2v) is 5.00. The lowest BCUT2D eigenvalue weighted by molar-refractivity contribution is 0.165. The van der Waals surface area contributed by atoms with Crippen LogP contribution in [0.25, 0.3) is 0 Å². The second-order valence-electron chi connectivity index (χ2n) is 4.57.